The lowest BCUT2D eigenvalue weighted by Gasteiger charge is -2.48. The molecule has 4 aromatic heterocycles. The number of aryl methyl sites for hydroxylation is 1. The Bertz CT molecular complexity index is 3550. The summed E-state index contributed by atoms with van der Waals surface area (Å²) in [6.45, 7) is 9.50. The molecule has 80 heavy (non-hydrogen) atoms. The zero-order valence-electron chi connectivity index (χ0n) is 44.1. The number of halogens is 3. The highest BCUT2D eigenvalue weighted by Crippen LogP contribution is 2.36. The predicted molar refractivity (Wildman–Crippen MR) is 295 cm³/mol. The van der Waals surface area contributed by atoms with Crippen molar-refractivity contribution in [2.45, 2.75) is 69.9 Å². The number of alkyl halides is 1. The lowest BCUT2D eigenvalue weighted by molar-refractivity contribution is -0.141. The first-order valence-corrected chi connectivity index (χ1v) is 28.9. The van der Waals surface area contributed by atoms with Crippen LogP contribution in [0, 0.1) is 24.5 Å². The Morgan fingerprint density at radius 3 is 2.31 bits per heavy atom. The molecule has 11 rings (SSSR count). The van der Waals surface area contributed by atoms with Crippen LogP contribution < -0.4 is 19.8 Å². The lowest BCUT2D eigenvalue weighted by Crippen LogP contribution is -2.63. The number of aliphatic hydroxyl groups excluding tert-OH is 2. The average molecular weight is 1140 g/mol. The number of nitrogens with zero attached hydrogens (tertiary/aromatic N) is 8. The normalized spacial score (nSPS) is 20.2. The minimum Gasteiger partial charge on any atom is -0.394 e. The molecule has 0 aliphatic carbocycles. The van der Waals surface area contributed by atoms with Crippen molar-refractivity contribution in [1.82, 2.24) is 39.5 Å². The third-order valence-corrected chi connectivity index (χ3v) is 18.3. The van der Waals surface area contributed by atoms with Crippen LogP contribution in [0.25, 0.3) is 32.6 Å². The van der Waals surface area contributed by atoms with E-state index in [9.17, 15) is 37.4 Å². The molecule has 0 spiro atoms. The van der Waals surface area contributed by atoms with Crippen LogP contribution in [-0.4, -0.2) is 160 Å². The first-order chi connectivity index (χ1) is 38.4. The number of aromatic amines is 1. The van der Waals surface area contributed by atoms with Gasteiger partial charge < -0.3 is 39.7 Å². The standard InChI is InChI=1S/C56H60F3N11O8S2/c1-31(2)49(56(75)70-28-40(72)21-46(70)55(74)63-45(29-71)34-4-6-35(7-5-34)53-32(3)62-30-79-53)47-22-48(64-78-47)68-26-39(27-68)67-18-16-66(17-19-67)38-10-8-33(9-11-38)36-20-41-42(24-61-54(41)60-23-36)52(73)50-43(58)12-13-44(51(50)59)65-80(76,77)69-15-14-37(57)25-69/h4-13,20,22-24,30-31,37,39-40,45-46,49,65,71-72H,14-19,21,25-29H2,1-3H3,(H,60,61)(H,63,74)/t37-,40-,45+,46+,49-/m1/s1. The maximum atomic E-state index is 15.8. The van der Waals surface area contributed by atoms with Crippen LogP contribution in [-0.2, 0) is 19.8 Å². The predicted octanol–water partition coefficient (Wildman–Crippen LogP) is 6.42. The Morgan fingerprint density at radius 1 is 0.900 bits per heavy atom. The SMILES string of the molecule is Cc1ncsc1-c1ccc([C@H](CO)NC(=O)[C@@H]2C[C@@H](O)CN2C(=O)[C@@H](c2cc(N3CC(N4CCN(c5ccc(-c6cnc7[nH]cc(C(=O)c8c(F)ccc(NS(=O)(=O)N9CC[C@@H](F)C9)c8F)c7c6)cc5)CC4)C3)no2)C(C)C)cc1. The number of pyridine rings is 1. The number of ketones is 1. The van der Waals surface area contributed by atoms with Gasteiger partial charge in [-0.05, 0) is 66.3 Å². The van der Waals surface area contributed by atoms with Gasteiger partial charge in [0.1, 0.15) is 29.6 Å². The number of hydrogen-bond donors (Lipinski definition) is 5. The second-order valence-corrected chi connectivity index (χ2v) is 23.8. The lowest BCUT2D eigenvalue weighted by atomic mass is 9.91. The Labute approximate surface area is 463 Å². The van der Waals surface area contributed by atoms with E-state index in [0.717, 1.165) is 70.0 Å². The van der Waals surface area contributed by atoms with E-state index in [1.165, 1.54) is 22.4 Å². The van der Waals surface area contributed by atoms with E-state index in [1.54, 1.807) is 23.8 Å². The Morgan fingerprint density at radius 2 is 1.64 bits per heavy atom. The molecule has 4 fully saturated rings. The van der Waals surface area contributed by atoms with Gasteiger partial charge in [-0.15, -0.1) is 11.3 Å². The number of amides is 2. The van der Waals surface area contributed by atoms with E-state index < -0.39 is 81.6 Å². The number of nitrogens with one attached hydrogen (secondary N) is 3. The van der Waals surface area contributed by atoms with Crippen molar-refractivity contribution >= 4 is 67.4 Å². The summed E-state index contributed by atoms with van der Waals surface area (Å²) < 4.78 is 79.3. The molecule has 24 heteroatoms. The third-order valence-electron chi connectivity index (χ3n) is 15.8. The van der Waals surface area contributed by atoms with Gasteiger partial charge in [-0.25, -0.2) is 23.1 Å². The zero-order chi connectivity index (χ0) is 56.1. The van der Waals surface area contributed by atoms with E-state index in [0.29, 0.717) is 46.8 Å². The minimum absolute atomic E-state index is 0.00881. The van der Waals surface area contributed by atoms with Crippen LogP contribution in [0.5, 0.6) is 0 Å². The number of anilines is 3. The third kappa shape index (κ3) is 10.8. The van der Waals surface area contributed by atoms with Crippen molar-refractivity contribution in [1.29, 1.82) is 0 Å². The van der Waals surface area contributed by atoms with Gasteiger partial charge in [0.05, 0.1) is 46.1 Å². The summed E-state index contributed by atoms with van der Waals surface area (Å²) in [5, 5.41) is 28.7. The smallest absolute Gasteiger partial charge is 0.301 e. The van der Waals surface area contributed by atoms with Crippen LogP contribution in [0.15, 0.2) is 95.2 Å². The summed E-state index contributed by atoms with van der Waals surface area (Å²) in [7, 11) is -4.38. The van der Waals surface area contributed by atoms with Crippen molar-refractivity contribution in [3.05, 3.63) is 130 Å². The number of likely N-dealkylation sites (tertiary alicyclic amines) is 1. The number of aliphatic hydroxyl groups is 2. The van der Waals surface area contributed by atoms with Crippen molar-refractivity contribution in [2.24, 2.45) is 5.92 Å². The fourth-order valence-corrected chi connectivity index (χ4v) is 13.3. The number of thiazole rings is 1. The Hall–Kier alpha value is -7.22. The molecule has 4 aliphatic heterocycles. The van der Waals surface area contributed by atoms with E-state index >= 15 is 8.78 Å². The van der Waals surface area contributed by atoms with E-state index in [4.69, 9.17) is 4.52 Å². The highest BCUT2D eigenvalue weighted by molar-refractivity contribution is 7.90. The molecule has 420 valence electrons. The largest absolute Gasteiger partial charge is 0.394 e. The number of fused-ring (bicyclic) bond motifs is 1. The molecule has 5 atom stereocenters. The first-order valence-electron chi connectivity index (χ1n) is 26.6. The van der Waals surface area contributed by atoms with Crippen molar-refractivity contribution < 1.29 is 50.7 Å². The fourth-order valence-electron chi connectivity index (χ4n) is 11.3. The monoisotopic (exact) mass is 1140 g/mol. The first kappa shape index (κ1) is 54.7. The number of carbonyl (C=O) groups is 3. The number of benzene rings is 3. The van der Waals surface area contributed by atoms with Crippen LogP contribution in [0.4, 0.5) is 30.4 Å². The molecule has 4 aliphatic rings. The summed E-state index contributed by atoms with van der Waals surface area (Å²) >= 11 is 1.53. The molecule has 0 radical (unpaired) electrons. The van der Waals surface area contributed by atoms with E-state index in [2.05, 4.69) is 40.1 Å². The van der Waals surface area contributed by atoms with Gasteiger partial charge in [-0.3, -0.25) is 24.0 Å². The van der Waals surface area contributed by atoms with Gasteiger partial charge in [-0.1, -0.05) is 55.4 Å². The highest BCUT2D eigenvalue weighted by atomic mass is 32.2. The topological polar surface area (TPSA) is 234 Å². The number of β-amino-alcohol motifs (C(OH)–C–C–N with tert-alkyl or cyclic N) is 1. The summed E-state index contributed by atoms with van der Waals surface area (Å²) in [6.07, 6.45) is 0.708. The van der Waals surface area contributed by atoms with Crippen LogP contribution in [0.3, 0.4) is 0 Å². The molecule has 4 saturated heterocycles. The minimum atomic E-state index is -4.38. The second kappa shape index (κ2) is 22.4. The molecule has 7 aromatic rings. The van der Waals surface area contributed by atoms with Gasteiger partial charge in [-0.2, -0.15) is 12.7 Å². The highest BCUT2D eigenvalue weighted by Gasteiger charge is 2.45. The van der Waals surface area contributed by atoms with Gasteiger partial charge in [0.15, 0.2) is 17.4 Å². The van der Waals surface area contributed by atoms with Crippen molar-refractivity contribution in [3.8, 4) is 21.6 Å². The number of hydrogen-bond acceptors (Lipinski definition) is 15. The number of piperazine rings is 1. The summed E-state index contributed by atoms with van der Waals surface area (Å²) in [4.78, 5) is 63.1. The van der Waals surface area contributed by atoms with Gasteiger partial charge in [0.25, 0.3) is 0 Å². The van der Waals surface area contributed by atoms with Crippen LogP contribution in [0.1, 0.15) is 71.6 Å². The molecule has 0 saturated carbocycles. The van der Waals surface area contributed by atoms with E-state index in [1.807, 2.05) is 74.0 Å². The molecule has 0 bridgehead atoms. The zero-order valence-corrected chi connectivity index (χ0v) is 45.7. The van der Waals surface area contributed by atoms with Gasteiger partial charge in [0, 0.05) is 112 Å². The van der Waals surface area contributed by atoms with E-state index in [-0.39, 0.29) is 56.0 Å². The quantitative estimate of drug-likeness (QED) is 0.0620. The molecule has 2 amide bonds. The van der Waals surface area contributed by atoms with Crippen LogP contribution >= 0.6 is 11.3 Å². The number of aromatic nitrogens is 4. The summed E-state index contributed by atoms with van der Waals surface area (Å²) in [5.41, 5.74) is 5.48. The van der Waals surface area contributed by atoms with Gasteiger partial charge in [0.2, 0.25) is 17.6 Å². The Kier molecular flexibility index (Phi) is 15.3. The maximum Gasteiger partial charge on any atom is 0.301 e. The van der Waals surface area contributed by atoms with Crippen LogP contribution in [0.2, 0.25) is 0 Å². The summed E-state index contributed by atoms with van der Waals surface area (Å²) in [6, 6.07) is 19.2. The number of carbonyl (C=O) groups excluding carboxylic acids is 3. The van der Waals surface area contributed by atoms with Gasteiger partial charge >= 0.3 is 10.2 Å². The van der Waals surface area contributed by atoms with Crippen molar-refractivity contribution in [3.63, 3.8) is 0 Å². The number of H-pyrrole nitrogens is 1. The molecule has 0 unspecified atom stereocenters. The molecule has 3 aromatic carbocycles. The molecule has 5 N–H and O–H groups in total. The van der Waals surface area contributed by atoms with Crippen molar-refractivity contribution in [2.75, 3.05) is 80.0 Å². The Balaban J connectivity index is 0.682. The maximum absolute atomic E-state index is 15.8. The molecular weight excluding hydrogens is 1080 g/mol. The molecular formula is C56H60F3N11O8S2. The fraction of sp³-hybridized carbons (Fsp3) is 0.393. The molecule has 19 nitrogen and oxygen atoms in total. The number of rotatable bonds is 17. The second-order valence-electron chi connectivity index (χ2n) is 21.3. The molecule has 8 heterocycles. The average Bonchev–Trinajstić information content (AvgIpc) is 4.34. The summed E-state index contributed by atoms with van der Waals surface area (Å²) in [5.74, 6) is -4.41.